The summed E-state index contributed by atoms with van der Waals surface area (Å²) in [6.07, 6.45) is 5.04. The number of nitrogens with one attached hydrogen (secondary N) is 1. The van der Waals surface area contributed by atoms with Crippen LogP contribution in [-0.4, -0.2) is 56.7 Å². The van der Waals surface area contributed by atoms with Crippen molar-refractivity contribution in [1.29, 1.82) is 0 Å². The molecular weight excluding hydrogens is 445 g/mol. The van der Waals surface area contributed by atoms with E-state index < -0.39 is 15.5 Å². The van der Waals surface area contributed by atoms with Gasteiger partial charge in [-0.15, -0.1) is 0 Å². The van der Waals surface area contributed by atoms with E-state index >= 15 is 0 Å². The van der Waals surface area contributed by atoms with Crippen molar-refractivity contribution in [3.05, 3.63) is 48.0 Å². The summed E-state index contributed by atoms with van der Waals surface area (Å²) in [5.74, 6) is 0.452. The van der Waals surface area contributed by atoms with Gasteiger partial charge >= 0.3 is 0 Å². The van der Waals surface area contributed by atoms with Crippen LogP contribution in [0, 0.1) is 12.7 Å². The van der Waals surface area contributed by atoms with Crippen molar-refractivity contribution in [3.63, 3.8) is 0 Å². The largest absolute Gasteiger partial charge is 0.486 e. The maximum absolute atomic E-state index is 14.0. The number of amides is 1. The maximum Gasteiger partial charge on any atom is 0.219 e. The molecule has 2 aromatic carbocycles. The van der Waals surface area contributed by atoms with E-state index in [-0.39, 0.29) is 12.0 Å². The molecule has 10 heteroatoms. The third-order valence-electron chi connectivity index (χ3n) is 5.33. The molecular formula is C23H26FN5O3S. The molecule has 1 aromatic heterocycles. The zero-order valence-corrected chi connectivity index (χ0v) is 19.8. The number of carbonyl (C=O) groups is 1. The fraction of sp³-hybridized carbons (Fsp3) is 0.348. The van der Waals surface area contributed by atoms with Crippen LogP contribution in [0.5, 0.6) is 5.75 Å². The van der Waals surface area contributed by atoms with Crippen LogP contribution in [0.1, 0.15) is 18.9 Å². The van der Waals surface area contributed by atoms with Crippen molar-refractivity contribution >= 4 is 43.7 Å². The highest BCUT2D eigenvalue weighted by Crippen LogP contribution is 2.34. The van der Waals surface area contributed by atoms with Gasteiger partial charge in [0.15, 0.2) is 0 Å². The van der Waals surface area contributed by atoms with Gasteiger partial charge < -0.3 is 15.0 Å². The van der Waals surface area contributed by atoms with Gasteiger partial charge in [-0.25, -0.2) is 18.6 Å². The number of anilines is 2. The quantitative estimate of drug-likeness (QED) is 0.600. The molecule has 3 aromatic rings. The topological polar surface area (TPSA) is 96.8 Å². The van der Waals surface area contributed by atoms with Crippen LogP contribution in [0.4, 0.5) is 21.6 Å². The van der Waals surface area contributed by atoms with Crippen molar-refractivity contribution in [2.45, 2.75) is 26.4 Å². The smallest absolute Gasteiger partial charge is 0.219 e. The molecule has 1 N–H and O–H groups in total. The maximum atomic E-state index is 14.0. The summed E-state index contributed by atoms with van der Waals surface area (Å²) in [6, 6.07) is 7.86. The summed E-state index contributed by atoms with van der Waals surface area (Å²) in [5, 5.41) is 4.02. The second-order valence-corrected chi connectivity index (χ2v) is 11.0. The third kappa shape index (κ3) is 5.39. The van der Waals surface area contributed by atoms with Crippen LogP contribution in [0.3, 0.4) is 0 Å². The van der Waals surface area contributed by atoms with Crippen molar-refractivity contribution < 1.29 is 18.1 Å². The first kappa shape index (κ1) is 22.9. The molecule has 174 valence electrons. The number of aryl methyl sites for hydroxylation is 1. The van der Waals surface area contributed by atoms with Gasteiger partial charge in [-0.1, -0.05) is 0 Å². The molecule has 1 fully saturated rings. The third-order valence-corrected chi connectivity index (χ3v) is 5.98. The van der Waals surface area contributed by atoms with E-state index in [9.17, 15) is 13.4 Å². The van der Waals surface area contributed by atoms with Gasteiger partial charge in [0.2, 0.25) is 5.91 Å². The SMILES string of the molecule is CC(=O)N1CCC(Oc2cc(F)ccc2Nc2ncnc3cc(N=S(C)(C)=O)cc(C)c23)C1. The van der Waals surface area contributed by atoms with Gasteiger partial charge in [0.25, 0.3) is 0 Å². The Bertz CT molecular complexity index is 1350. The second-order valence-electron chi connectivity index (χ2n) is 8.41. The average Bonchev–Trinajstić information content (AvgIpc) is 3.17. The molecule has 1 amide bonds. The number of carbonyl (C=O) groups excluding carboxylic acids is 1. The first-order valence-corrected chi connectivity index (χ1v) is 12.8. The Labute approximate surface area is 192 Å². The summed E-state index contributed by atoms with van der Waals surface area (Å²) in [7, 11) is -2.31. The van der Waals surface area contributed by atoms with E-state index in [1.54, 1.807) is 29.5 Å². The van der Waals surface area contributed by atoms with Crippen molar-refractivity contribution in [2.75, 3.05) is 30.9 Å². The van der Waals surface area contributed by atoms with E-state index in [2.05, 4.69) is 19.6 Å². The molecule has 2 heterocycles. The molecule has 1 saturated heterocycles. The van der Waals surface area contributed by atoms with Gasteiger partial charge in [-0.2, -0.15) is 4.36 Å². The minimum Gasteiger partial charge on any atom is -0.486 e. The lowest BCUT2D eigenvalue weighted by Gasteiger charge is -2.19. The van der Waals surface area contributed by atoms with Gasteiger partial charge in [0.05, 0.1) is 23.4 Å². The highest BCUT2D eigenvalue weighted by atomic mass is 32.2. The fourth-order valence-electron chi connectivity index (χ4n) is 3.89. The van der Waals surface area contributed by atoms with Gasteiger partial charge in [-0.3, -0.25) is 4.79 Å². The van der Waals surface area contributed by atoms with E-state index in [1.807, 2.05) is 13.0 Å². The van der Waals surface area contributed by atoms with Gasteiger partial charge in [-0.05, 0) is 36.8 Å². The number of rotatable bonds is 5. The Morgan fingerprint density at radius 2 is 2.06 bits per heavy atom. The van der Waals surface area contributed by atoms with Gasteiger partial charge in [0.1, 0.15) is 29.8 Å². The molecule has 1 unspecified atom stereocenters. The first-order chi connectivity index (χ1) is 15.6. The number of nitrogens with zero attached hydrogens (tertiary/aromatic N) is 4. The Kier molecular flexibility index (Phi) is 6.20. The Morgan fingerprint density at radius 1 is 1.27 bits per heavy atom. The standard InChI is InChI=1S/C23H26FN5O3S/c1-14-9-17(28-33(3,4)31)11-20-22(14)23(26-13-25-20)27-19-6-5-16(24)10-21(19)32-18-7-8-29(12-18)15(2)30/h5-6,9-11,13,18H,7-8,12H2,1-4H3,(H,25,26,27). The molecule has 1 aliphatic heterocycles. The first-order valence-electron chi connectivity index (χ1n) is 10.5. The lowest BCUT2D eigenvalue weighted by Crippen LogP contribution is -2.28. The number of aromatic nitrogens is 2. The zero-order valence-electron chi connectivity index (χ0n) is 19.0. The summed E-state index contributed by atoms with van der Waals surface area (Å²) in [6.45, 7) is 4.51. The van der Waals surface area contributed by atoms with E-state index in [0.29, 0.717) is 48.0 Å². The lowest BCUT2D eigenvalue weighted by molar-refractivity contribution is -0.128. The molecule has 0 radical (unpaired) electrons. The van der Waals surface area contributed by atoms with Crippen LogP contribution in [-0.2, 0) is 14.5 Å². The highest BCUT2D eigenvalue weighted by Gasteiger charge is 2.26. The van der Waals surface area contributed by atoms with Crippen LogP contribution in [0.2, 0.25) is 0 Å². The predicted molar refractivity (Wildman–Crippen MR) is 127 cm³/mol. The average molecular weight is 472 g/mol. The number of likely N-dealkylation sites (tertiary alicyclic amines) is 1. The summed E-state index contributed by atoms with van der Waals surface area (Å²) in [5.41, 5.74) is 2.64. The molecule has 1 aliphatic rings. The van der Waals surface area contributed by atoms with Crippen LogP contribution < -0.4 is 10.1 Å². The molecule has 1 atom stereocenters. The number of halogens is 1. The number of benzene rings is 2. The van der Waals surface area contributed by atoms with Crippen LogP contribution >= 0.6 is 0 Å². The van der Waals surface area contributed by atoms with Crippen LogP contribution in [0.25, 0.3) is 10.9 Å². The molecule has 4 rings (SSSR count). The molecule has 0 spiro atoms. The Balaban J connectivity index is 1.67. The zero-order chi connectivity index (χ0) is 23.8. The number of hydrogen-bond donors (Lipinski definition) is 1. The molecule has 0 saturated carbocycles. The highest BCUT2D eigenvalue weighted by molar-refractivity contribution is 7.92. The Morgan fingerprint density at radius 3 is 2.76 bits per heavy atom. The number of hydrogen-bond acceptors (Lipinski definition) is 7. The molecule has 0 aliphatic carbocycles. The number of ether oxygens (including phenoxy) is 1. The van der Waals surface area contributed by atoms with Crippen molar-refractivity contribution in [1.82, 2.24) is 14.9 Å². The monoisotopic (exact) mass is 471 g/mol. The summed E-state index contributed by atoms with van der Waals surface area (Å²) in [4.78, 5) is 22.1. The minimum atomic E-state index is -2.31. The fourth-order valence-corrected chi connectivity index (χ4v) is 4.50. The lowest BCUT2D eigenvalue weighted by atomic mass is 10.1. The van der Waals surface area contributed by atoms with Gasteiger partial charge in [0, 0.05) is 53.6 Å². The summed E-state index contributed by atoms with van der Waals surface area (Å²) < 4.78 is 36.5. The van der Waals surface area contributed by atoms with Crippen molar-refractivity contribution in [3.8, 4) is 5.75 Å². The molecule has 8 nitrogen and oxygen atoms in total. The minimum absolute atomic E-state index is 0.00491. The molecule has 33 heavy (non-hydrogen) atoms. The predicted octanol–water partition coefficient (Wildman–Crippen LogP) is 4.18. The number of fused-ring (bicyclic) bond motifs is 1. The second kappa shape index (κ2) is 8.93. The van der Waals surface area contributed by atoms with Crippen LogP contribution in [0.15, 0.2) is 41.0 Å². The van der Waals surface area contributed by atoms with E-state index in [1.165, 1.54) is 25.4 Å². The Hall–Kier alpha value is -3.27. The van der Waals surface area contributed by atoms with E-state index in [4.69, 9.17) is 4.74 Å². The summed E-state index contributed by atoms with van der Waals surface area (Å²) >= 11 is 0. The van der Waals surface area contributed by atoms with Crippen molar-refractivity contribution in [2.24, 2.45) is 4.36 Å². The normalized spacial score (nSPS) is 16.2. The van der Waals surface area contributed by atoms with E-state index in [0.717, 1.165) is 10.9 Å². The molecule has 0 bridgehead atoms.